The van der Waals surface area contributed by atoms with Gasteiger partial charge >= 0.3 is 0 Å². The highest BCUT2D eigenvalue weighted by atomic mass is 35.5. The lowest BCUT2D eigenvalue weighted by molar-refractivity contribution is -0.605. The number of carbonyl (C=O) groups is 4. The minimum absolute atomic E-state index is 0.0607. The number of nitrogens with one attached hydrogen (secondary N) is 1. The Hall–Kier alpha value is -6.00. The van der Waals surface area contributed by atoms with E-state index >= 15 is 0 Å². The standard InChI is InChI=1S/C49H56Cl2N8O7/c1-32-46(62)53-41(30-60)48(64)56(5)49(25-33-9-14-38(50)15-10-33)19-7-20-57(31-49)47(63)37(22-34-8-6-21-58(65)27-34)23-45(61)59(32)28-36-11-16-39(51)24-43(36)66-40-17-12-35(13-18-40)42-26-52-44(55(42)4)29-54(2)3/h6,8-18,21,24,26-27,32,37,41,60H,7,19-20,22-23,25,28-31H2,1-5H3,(H,53,62)/t32-,37+,41-,49+/m0/s1. The van der Waals surface area contributed by atoms with Crippen LogP contribution in [0, 0.1) is 11.1 Å². The first kappa shape index (κ1) is 47.9. The number of aliphatic hydroxyl groups excluding tert-OH is 1. The van der Waals surface area contributed by atoms with Crippen LogP contribution in [0.5, 0.6) is 11.5 Å². The molecule has 0 saturated carbocycles. The maximum absolute atomic E-state index is 15.0. The highest BCUT2D eigenvalue weighted by molar-refractivity contribution is 6.31. The van der Waals surface area contributed by atoms with E-state index in [4.69, 9.17) is 27.9 Å². The highest BCUT2D eigenvalue weighted by Crippen LogP contribution is 2.35. The largest absolute Gasteiger partial charge is 0.619 e. The number of pyridine rings is 1. The minimum Gasteiger partial charge on any atom is -0.619 e. The molecule has 0 radical (unpaired) electrons. The van der Waals surface area contributed by atoms with Crippen molar-refractivity contribution in [2.45, 2.75) is 69.7 Å². The first-order valence-electron chi connectivity index (χ1n) is 22.0. The van der Waals surface area contributed by atoms with E-state index in [1.807, 2.05) is 73.2 Å². The monoisotopic (exact) mass is 938 g/mol. The van der Waals surface area contributed by atoms with Crippen LogP contribution < -0.4 is 14.8 Å². The van der Waals surface area contributed by atoms with E-state index in [1.165, 1.54) is 24.2 Å². The van der Waals surface area contributed by atoms with Crippen molar-refractivity contribution in [3.63, 3.8) is 0 Å². The number of aliphatic hydroxyl groups is 1. The topological polar surface area (TPSA) is 167 Å². The Balaban J connectivity index is 1.23. The Morgan fingerprint density at radius 1 is 0.970 bits per heavy atom. The molecule has 2 aliphatic rings. The molecule has 7 rings (SSSR count). The number of fused-ring (bicyclic) bond motifs is 2. The minimum atomic E-state index is -1.36. The lowest BCUT2D eigenvalue weighted by atomic mass is 9.80. The summed E-state index contributed by atoms with van der Waals surface area (Å²) in [5.74, 6) is -1.30. The van der Waals surface area contributed by atoms with Gasteiger partial charge in [-0.15, -0.1) is 0 Å². The summed E-state index contributed by atoms with van der Waals surface area (Å²) < 4.78 is 9.12. The molecule has 2 aliphatic heterocycles. The summed E-state index contributed by atoms with van der Waals surface area (Å²) in [6, 6.07) is 20.5. The van der Waals surface area contributed by atoms with Gasteiger partial charge in [0.1, 0.15) is 29.4 Å². The van der Waals surface area contributed by atoms with Gasteiger partial charge in [0.25, 0.3) is 0 Å². The summed E-state index contributed by atoms with van der Waals surface area (Å²) in [6.45, 7) is 1.85. The van der Waals surface area contributed by atoms with Gasteiger partial charge < -0.3 is 44.5 Å². The van der Waals surface area contributed by atoms with Crippen molar-refractivity contribution in [3.8, 4) is 22.8 Å². The van der Waals surface area contributed by atoms with Crippen molar-refractivity contribution in [2.24, 2.45) is 13.0 Å². The van der Waals surface area contributed by atoms with E-state index in [-0.39, 0.29) is 31.8 Å². The number of hydrogen-bond acceptors (Lipinski definition) is 9. The first-order chi connectivity index (χ1) is 31.5. The normalized spacial score (nSPS) is 21.0. The van der Waals surface area contributed by atoms with Crippen LogP contribution in [0.4, 0.5) is 0 Å². The van der Waals surface area contributed by atoms with Crippen LogP contribution in [0.25, 0.3) is 11.3 Å². The predicted octanol–water partition coefficient (Wildman–Crippen LogP) is 5.40. The van der Waals surface area contributed by atoms with Crippen LogP contribution in [-0.2, 0) is 52.2 Å². The third kappa shape index (κ3) is 11.0. The summed E-state index contributed by atoms with van der Waals surface area (Å²) in [7, 11) is 7.58. The molecule has 17 heteroatoms. The third-order valence-electron chi connectivity index (χ3n) is 12.7. The molecule has 15 nitrogen and oxygen atoms in total. The summed E-state index contributed by atoms with van der Waals surface area (Å²) in [6.07, 6.45) is 5.71. The fourth-order valence-electron chi connectivity index (χ4n) is 8.99. The number of nitrogens with zero attached hydrogens (tertiary/aromatic N) is 7. The first-order valence-corrected chi connectivity index (χ1v) is 22.7. The Labute approximate surface area is 395 Å². The lowest BCUT2D eigenvalue weighted by Gasteiger charge is -2.50. The van der Waals surface area contributed by atoms with Gasteiger partial charge in [-0.2, -0.15) is 4.73 Å². The lowest BCUT2D eigenvalue weighted by Crippen LogP contribution is -2.65. The van der Waals surface area contributed by atoms with Crippen molar-refractivity contribution >= 4 is 46.8 Å². The van der Waals surface area contributed by atoms with Crippen molar-refractivity contribution in [1.29, 1.82) is 0 Å². The van der Waals surface area contributed by atoms with Crippen LogP contribution in [0.2, 0.25) is 10.0 Å². The number of imidazole rings is 1. The highest BCUT2D eigenvalue weighted by Gasteiger charge is 2.46. The molecular weight excluding hydrogens is 883 g/mol. The van der Waals surface area contributed by atoms with Gasteiger partial charge in [0.05, 0.1) is 43.0 Å². The number of halogens is 2. The Bertz CT molecular complexity index is 2550. The second kappa shape index (κ2) is 20.7. The second-order valence-corrected chi connectivity index (χ2v) is 18.5. The molecule has 2 aromatic heterocycles. The molecular formula is C49H56Cl2N8O7. The Morgan fingerprint density at radius 3 is 2.39 bits per heavy atom. The summed E-state index contributed by atoms with van der Waals surface area (Å²) in [5.41, 5.74) is 2.85. The maximum Gasteiger partial charge on any atom is 0.247 e. The number of aromatic nitrogens is 3. The van der Waals surface area contributed by atoms with Crippen molar-refractivity contribution in [3.05, 3.63) is 135 Å². The molecule has 4 heterocycles. The van der Waals surface area contributed by atoms with Crippen LogP contribution in [-0.4, -0.2) is 116 Å². The number of carbonyl (C=O) groups excluding carboxylic acids is 4. The molecule has 2 fully saturated rings. The van der Waals surface area contributed by atoms with Crippen LogP contribution >= 0.6 is 23.2 Å². The SMILES string of the molecule is C[C@H]1C(=O)N[C@@H](CO)C(=O)N(C)[C@@]2(Cc3ccc(Cl)cc3)CCCN(C2)C(=O)[C@H](Cc2ccc[n+]([O-])c2)CC(=O)N1Cc1ccc(Cl)cc1Oc1ccc(-c2cnc(CN(C)C)n2C)cc1. The number of benzene rings is 3. The molecule has 4 atom stereocenters. The summed E-state index contributed by atoms with van der Waals surface area (Å²) in [5, 5.41) is 26.8. The molecule has 0 aliphatic carbocycles. The van der Waals surface area contributed by atoms with E-state index in [9.17, 15) is 29.5 Å². The quantitative estimate of drug-likeness (QED) is 0.123. The fraction of sp³-hybridized carbons (Fsp3) is 0.388. The second-order valence-electron chi connectivity index (χ2n) is 17.6. The smallest absolute Gasteiger partial charge is 0.247 e. The summed E-state index contributed by atoms with van der Waals surface area (Å²) in [4.78, 5) is 70.0. The molecule has 348 valence electrons. The van der Waals surface area contributed by atoms with Crippen LogP contribution in [0.1, 0.15) is 48.7 Å². The van der Waals surface area contributed by atoms with Crippen molar-refractivity contribution in [2.75, 3.05) is 40.8 Å². The van der Waals surface area contributed by atoms with Crippen molar-refractivity contribution < 1.29 is 33.8 Å². The number of ether oxygens (including phenoxy) is 1. The van der Waals surface area contributed by atoms with Crippen LogP contribution in [0.15, 0.2) is 97.5 Å². The Kier molecular flexibility index (Phi) is 15.0. The number of hydrogen-bond donors (Lipinski definition) is 2. The van der Waals surface area contributed by atoms with E-state index in [1.54, 1.807) is 59.3 Å². The predicted molar refractivity (Wildman–Crippen MR) is 250 cm³/mol. The Morgan fingerprint density at radius 2 is 1.70 bits per heavy atom. The van der Waals surface area contributed by atoms with Gasteiger partial charge in [-0.3, -0.25) is 19.2 Å². The number of piperidine rings is 1. The zero-order chi connectivity index (χ0) is 47.3. The maximum atomic E-state index is 15.0. The zero-order valence-corrected chi connectivity index (χ0v) is 39.3. The van der Waals surface area contributed by atoms with Gasteiger partial charge in [0.15, 0.2) is 12.4 Å². The number of amides is 4. The van der Waals surface area contributed by atoms with E-state index < -0.39 is 47.9 Å². The molecule has 5 aromatic rings. The van der Waals surface area contributed by atoms with Crippen LogP contribution in [0.3, 0.4) is 0 Å². The van der Waals surface area contributed by atoms with Gasteiger partial charge in [-0.05, 0) is 107 Å². The van der Waals surface area contributed by atoms with Gasteiger partial charge in [0.2, 0.25) is 23.6 Å². The molecule has 4 amide bonds. The molecule has 2 N–H and O–H groups in total. The number of rotatable bonds is 12. The average Bonchev–Trinajstić information content (AvgIpc) is 3.65. The molecule has 3 aromatic carbocycles. The van der Waals surface area contributed by atoms with Gasteiger partial charge in [-0.1, -0.05) is 41.4 Å². The van der Waals surface area contributed by atoms with E-state index in [2.05, 4.69) is 10.3 Å². The molecule has 2 saturated heterocycles. The molecule has 66 heavy (non-hydrogen) atoms. The van der Waals surface area contributed by atoms with Gasteiger partial charge in [-0.25, -0.2) is 4.98 Å². The van der Waals surface area contributed by atoms with Crippen molar-refractivity contribution in [1.82, 2.24) is 34.5 Å². The van der Waals surface area contributed by atoms with Gasteiger partial charge in [0, 0.05) is 66.4 Å². The third-order valence-corrected chi connectivity index (χ3v) is 13.2. The number of likely N-dealkylation sites (N-methyl/N-ethyl adjacent to an activating group) is 1. The molecule has 0 spiro atoms. The average molecular weight is 940 g/mol. The molecule has 2 bridgehead atoms. The van der Waals surface area contributed by atoms with E-state index in [0.29, 0.717) is 69.8 Å². The molecule has 0 unspecified atom stereocenters. The summed E-state index contributed by atoms with van der Waals surface area (Å²) >= 11 is 12.8. The van der Waals surface area contributed by atoms with E-state index in [0.717, 1.165) is 22.6 Å². The zero-order valence-electron chi connectivity index (χ0n) is 37.8. The fourth-order valence-corrected chi connectivity index (χ4v) is 9.28.